The van der Waals surface area contributed by atoms with Crippen LogP contribution in [0.5, 0.6) is 0 Å². The lowest BCUT2D eigenvalue weighted by Crippen LogP contribution is -2.28. The van der Waals surface area contributed by atoms with Gasteiger partial charge >= 0.3 is 4.87 Å². The highest BCUT2D eigenvalue weighted by molar-refractivity contribution is 7.11. The Kier molecular flexibility index (Phi) is 4.80. The Morgan fingerprint density at radius 3 is 3.00 bits per heavy atom. The van der Waals surface area contributed by atoms with Crippen molar-refractivity contribution < 1.29 is 0 Å². The van der Waals surface area contributed by atoms with Crippen LogP contribution in [0.4, 0.5) is 0 Å². The van der Waals surface area contributed by atoms with Gasteiger partial charge in [0, 0.05) is 28.2 Å². The van der Waals surface area contributed by atoms with Gasteiger partial charge in [-0.2, -0.15) is 0 Å². The Morgan fingerprint density at radius 1 is 1.45 bits per heavy atom. The summed E-state index contributed by atoms with van der Waals surface area (Å²) < 4.78 is 1.98. The van der Waals surface area contributed by atoms with E-state index in [9.17, 15) is 4.79 Å². The van der Waals surface area contributed by atoms with Crippen molar-refractivity contribution in [2.45, 2.75) is 52.7 Å². The van der Waals surface area contributed by atoms with Crippen molar-refractivity contribution in [3.05, 3.63) is 36.3 Å². The first-order valence-electron chi connectivity index (χ1n) is 7.90. The SMILES string of the molecule is CCc1ncc(CN(C)Cn2c3c(sc2=O)C[C@H](C)CC3)s1. The van der Waals surface area contributed by atoms with Crippen LogP contribution in [0.25, 0.3) is 0 Å². The summed E-state index contributed by atoms with van der Waals surface area (Å²) in [6.07, 6.45) is 6.27. The smallest absolute Gasteiger partial charge is 0.289 e. The monoisotopic (exact) mass is 337 g/mol. The quantitative estimate of drug-likeness (QED) is 0.841. The van der Waals surface area contributed by atoms with Crippen LogP contribution in [0.3, 0.4) is 0 Å². The fraction of sp³-hybridized carbons (Fsp3) is 0.625. The van der Waals surface area contributed by atoms with Crippen molar-refractivity contribution >= 4 is 22.7 Å². The van der Waals surface area contributed by atoms with Gasteiger partial charge in [-0.15, -0.1) is 11.3 Å². The summed E-state index contributed by atoms with van der Waals surface area (Å²) in [7, 11) is 2.08. The number of aromatic nitrogens is 2. The molecule has 0 unspecified atom stereocenters. The van der Waals surface area contributed by atoms with Gasteiger partial charge in [-0.25, -0.2) is 4.98 Å². The molecule has 1 aliphatic rings. The van der Waals surface area contributed by atoms with E-state index in [-0.39, 0.29) is 4.87 Å². The number of rotatable bonds is 5. The molecule has 0 aromatic carbocycles. The van der Waals surface area contributed by atoms with Crippen LogP contribution < -0.4 is 4.87 Å². The number of hydrogen-bond acceptors (Lipinski definition) is 5. The van der Waals surface area contributed by atoms with Gasteiger partial charge in [0.05, 0.1) is 11.7 Å². The van der Waals surface area contributed by atoms with Crippen LogP contribution in [0, 0.1) is 5.92 Å². The number of nitrogens with zero attached hydrogens (tertiary/aromatic N) is 3. The summed E-state index contributed by atoms with van der Waals surface area (Å²) in [5.41, 5.74) is 1.28. The second-order valence-corrected chi connectivity index (χ2v) is 8.49. The Hall–Kier alpha value is -0.980. The van der Waals surface area contributed by atoms with E-state index in [4.69, 9.17) is 0 Å². The van der Waals surface area contributed by atoms with Crippen molar-refractivity contribution in [2.75, 3.05) is 7.05 Å². The topological polar surface area (TPSA) is 38.1 Å². The van der Waals surface area contributed by atoms with Crippen LogP contribution in [-0.4, -0.2) is 21.5 Å². The molecule has 0 radical (unpaired) electrons. The second kappa shape index (κ2) is 6.64. The van der Waals surface area contributed by atoms with Gasteiger partial charge in [0.25, 0.3) is 0 Å². The fourth-order valence-corrected chi connectivity index (χ4v) is 5.13. The lowest BCUT2D eigenvalue weighted by Gasteiger charge is -2.22. The standard InChI is InChI=1S/C16H23N3OS2/c1-4-15-17-8-12(21-15)9-18(3)10-19-13-6-5-11(2)7-14(13)22-16(19)20/h8,11H,4-7,9-10H2,1-3H3/t11-/m1/s1. The van der Waals surface area contributed by atoms with Crippen molar-refractivity contribution in [1.29, 1.82) is 0 Å². The maximum Gasteiger partial charge on any atom is 0.308 e. The Morgan fingerprint density at radius 2 is 2.27 bits per heavy atom. The van der Waals surface area contributed by atoms with Crippen LogP contribution in [-0.2, 0) is 32.5 Å². The lowest BCUT2D eigenvalue weighted by atomic mass is 9.93. The molecule has 2 heterocycles. The molecule has 22 heavy (non-hydrogen) atoms. The van der Waals surface area contributed by atoms with Gasteiger partial charge in [0.1, 0.15) is 0 Å². The van der Waals surface area contributed by atoms with Crippen LogP contribution in [0.15, 0.2) is 11.0 Å². The van der Waals surface area contributed by atoms with Crippen molar-refractivity contribution in [1.82, 2.24) is 14.5 Å². The third-order valence-corrected chi connectivity index (χ3v) is 6.37. The summed E-state index contributed by atoms with van der Waals surface area (Å²) in [6.45, 7) is 5.94. The maximum atomic E-state index is 12.3. The molecular formula is C16H23N3OS2. The first kappa shape index (κ1) is 15.9. The molecule has 0 aliphatic heterocycles. The summed E-state index contributed by atoms with van der Waals surface area (Å²) in [5, 5.41) is 1.18. The molecule has 0 saturated heterocycles. The van der Waals surface area contributed by atoms with E-state index >= 15 is 0 Å². The van der Waals surface area contributed by atoms with E-state index in [1.807, 2.05) is 10.8 Å². The molecule has 0 fully saturated rings. The Labute approximate surface area is 139 Å². The summed E-state index contributed by atoms with van der Waals surface area (Å²) in [5.74, 6) is 0.710. The zero-order valence-electron chi connectivity index (χ0n) is 13.5. The third kappa shape index (κ3) is 3.34. The van der Waals surface area contributed by atoms with E-state index in [1.165, 1.54) is 38.2 Å². The normalized spacial score (nSPS) is 17.9. The summed E-state index contributed by atoms with van der Waals surface area (Å²) in [6, 6.07) is 0. The summed E-state index contributed by atoms with van der Waals surface area (Å²) >= 11 is 3.22. The van der Waals surface area contributed by atoms with Gasteiger partial charge in [-0.3, -0.25) is 14.3 Å². The molecule has 2 aromatic heterocycles. The largest absolute Gasteiger partial charge is 0.308 e. The molecule has 0 bridgehead atoms. The number of thiazole rings is 2. The van der Waals surface area contributed by atoms with E-state index in [2.05, 4.69) is 30.8 Å². The number of aryl methyl sites for hydroxylation is 1. The molecular weight excluding hydrogens is 314 g/mol. The molecule has 2 aromatic rings. The minimum atomic E-state index is 0.199. The molecule has 0 N–H and O–H groups in total. The first-order valence-corrected chi connectivity index (χ1v) is 9.53. The van der Waals surface area contributed by atoms with E-state index in [0.717, 1.165) is 25.8 Å². The van der Waals surface area contributed by atoms with Crippen molar-refractivity contribution in [2.24, 2.45) is 5.92 Å². The van der Waals surface area contributed by atoms with Gasteiger partial charge in [0.2, 0.25) is 0 Å². The zero-order chi connectivity index (χ0) is 15.7. The molecule has 0 amide bonds. The molecule has 3 rings (SSSR count). The highest BCUT2D eigenvalue weighted by Crippen LogP contribution is 2.27. The van der Waals surface area contributed by atoms with Gasteiger partial charge < -0.3 is 0 Å². The molecule has 6 heteroatoms. The number of fused-ring (bicyclic) bond motifs is 1. The first-order chi connectivity index (χ1) is 10.6. The van der Waals surface area contributed by atoms with E-state index < -0.39 is 0 Å². The second-order valence-electron chi connectivity index (χ2n) is 6.24. The lowest BCUT2D eigenvalue weighted by molar-refractivity contribution is 0.254. The molecule has 0 spiro atoms. The molecule has 4 nitrogen and oxygen atoms in total. The predicted octanol–water partition coefficient (Wildman–Crippen LogP) is 3.14. The minimum absolute atomic E-state index is 0.199. The van der Waals surface area contributed by atoms with Gasteiger partial charge in [-0.05, 0) is 38.6 Å². The van der Waals surface area contributed by atoms with Crippen LogP contribution in [0.1, 0.15) is 40.7 Å². The third-order valence-electron chi connectivity index (χ3n) is 4.20. The molecule has 0 saturated carbocycles. The average molecular weight is 338 g/mol. The predicted molar refractivity (Wildman–Crippen MR) is 92.7 cm³/mol. The van der Waals surface area contributed by atoms with Gasteiger partial charge in [-0.1, -0.05) is 25.2 Å². The van der Waals surface area contributed by atoms with Crippen LogP contribution >= 0.6 is 22.7 Å². The molecule has 1 atom stereocenters. The Balaban J connectivity index is 1.71. The van der Waals surface area contributed by atoms with E-state index in [0.29, 0.717) is 12.6 Å². The maximum absolute atomic E-state index is 12.3. The molecule has 1 aliphatic carbocycles. The highest BCUT2D eigenvalue weighted by Gasteiger charge is 2.22. The van der Waals surface area contributed by atoms with Crippen molar-refractivity contribution in [3.63, 3.8) is 0 Å². The van der Waals surface area contributed by atoms with Crippen LogP contribution in [0.2, 0.25) is 0 Å². The number of hydrogen-bond donors (Lipinski definition) is 0. The Bertz CT molecular complexity index is 701. The molecule has 120 valence electrons. The highest BCUT2D eigenvalue weighted by atomic mass is 32.1. The minimum Gasteiger partial charge on any atom is -0.289 e. The average Bonchev–Trinajstić information content (AvgIpc) is 3.04. The fourth-order valence-electron chi connectivity index (χ4n) is 3.00. The van der Waals surface area contributed by atoms with E-state index in [1.54, 1.807) is 11.3 Å². The summed E-state index contributed by atoms with van der Waals surface area (Å²) in [4.78, 5) is 21.7. The zero-order valence-corrected chi connectivity index (χ0v) is 15.1. The van der Waals surface area contributed by atoms with Crippen molar-refractivity contribution in [3.8, 4) is 0 Å². The van der Waals surface area contributed by atoms with Gasteiger partial charge in [0.15, 0.2) is 0 Å².